The summed E-state index contributed by atoms with van der Waals surface area (Å²) >= 11 is 3.30. The summed E-state index contributed by atoms with van der Waals surface area (Å²) in [6.07, 6.45) is -4.21. The maximum Gasteiger partial charge on any atom is 0.391 e. The van der Waals surface area contributed by atoms with Crippen LogP contribution >= 0.6 is 15.9 Å². The fraction of sp³-hybridized carbons (Fsp3) is 0.562. The lowest BCUT2D eigenvalue weighted by Crippen LogP contribution is -2.40. The maximum absolute atomic E-state index is 12.6. The highest BCUT2D eigenvalue weighted by molar-refractivity contribution is 9.10. The first-order valence-electron chi connectivity index (χ1n) is 7.23. The van der Waals surface area contributed by atoms with Crippen molar-refractivity contribution in [2.45, 2.75) is 38.8 Å². The average Bonchev–Trinajstić information content (AvgIpc) is 2.42. The largest absolute Gasteiger partial charge is 0.469 e. The highest BCUT2D eigenvalue weighted by atomic mass is 79.9. The summed E-state index contributed by atoms with van der Waals surface area (Å²) in [7, 11) is 1.26. The van der Waals surface area contributed by atoms with E-state index >= 15 is 0 Å². The van der Waals surface area contributed by atoms with E-state index in [2.05, 4.69) is 15.9 Å². The van der Waals surface area contributed by atoms with Crippen LogP contribution in [0.2, 0.25) is 0 Å². The van der Waals surface area contributed by atoms with Crippen molar-refractivity contribution in [3.05, 3.63) is 34.3 Å². The number of carbonyl (C=O) groups excluding carboxylic acids is 1. The summed E-state index contributed by atoms with van der Waals surface area (Å²) in [5.74, 6) is -2.72. The smallest absolute Gasteiger partial charge is 0.391 e. The first-order valence-corrected chi connectivity index (χ1v) is 8.02. The minimum Gasteiger partial charge on any atom is -0.469 e. The molecule has 2 rings (SSSR count). The van der Waals surface area contributed by atoms with Crippen LogP contribution in [-0.2, 0) is 9.53 Å². The third-order valence-corrected chi connectivity index (χ3v) is 4.27. The van der Waals surface area contributed by atoms with E-state index in [9.17, 15) is 18.0 Å². The molecule has 124 valence electrons. The highest BCUT2D eigenvalue weighted by Gasteiger charge is 2.51. The van der Waals surface area contributed by atoms with Crippen LogP contribution in [-0.4, -0.2) is 19.3 Å². The number of carbonyl (C=O) groups is 1. The lowest BCUT2D eigenvalue weighted by atomic mass is 9.66. The van der Waals surface area contributed by atoms with E-state index in [4.69, 9.17) is 4.74 Å². The minimum absolute atomic E-state index is 0.0181. The molecule has 0 bridgehead atoms. The monoisotopic (exact) mass is 380 g/mol. The fourth-order valence-electron chi connectivity index (χ4n) is 2.63. The molecule has 2 nitrogen and oxygen atoms in total. The predicted molar refractivity (Wildman–Crippen MR) is 82.5 cm³/mol. The van der Waals surface area contributed by atoms with Gasteiger partial charge in [0.1, 0.15) is 0 Å². The van der Waals surface area contributed by atoms with Crippen molar-refractivity contribution in [1.29, 1.82) is 0 Å². The van der Waals surface area contributed by atoms with Crippen LogP contribution in [0.4, 0.5) is 13.2 Å². The first-order chi connectivity index (χ1) is 10.3. The molecule has 1 atom stereocenters. The molecule has 1 aromatic rings. The van der Waals surface area contributed by atoms with Gasteiger partial charge in [0.15, 0.2) is 0 Å². The lowest BCUT2D eigenvalue weighted by Gasteiger charge is -2.40. The van der Waals surface area contributed by atoms with Crippen LogP contribution in [0.15, 0.2) is 28.7 Å². The standard InChI is InChI=1S/C14H14BrF3O2.C2H6/c1-20-13(19)12(8-3-2-4-11(15)7-8)9-5-10(6-9)14(16,17)18;1-2/h2-4,7,9-10,12H,5-6H2,1H3;1-2H3. The quantitative estimate of drug-likeness (QED) is 0.663. The topological polar surface area (TPSA) is 26.3 Å². The molecule has 0 amide bonds. The van der Waals surface area contributed by atoms with Crippen LogP contribution < -0.4 is 0 Å². The molecule has 0 saturated heterocycles. The van der Waals surface area contributed by atoms with Crippen molar-refractivity contribution >= 4 is 21.9 Å². The molecule has 0 N–H and O–H groups in total. The SMILES string of the molecule is CC.COC(=O)C(c1cccc(Br)c1)C1CC(C(F)(F)F)C1. The zero-order valence-electron chi connectivity index (χ0n) is 12.8. The number of hydrogen-bond acceptors (Lipinski definition) is 2. The van der Waals surface area contributed by atoms with E-state index in [0.29, 0.717) is 5.56 Å². The number of rotatable bonds is 3. The van der Waals surface area contributed by atoms with Crippen molar-refractivity contribution in [3.63, 3.8) is 0 Å². The number of halogens is 4. The van der Waals surface area contributed by atoms with Gasteiger partial charge in [-0.3, -0.25) is 4.79 Å². The summed E-state index contributed by atoms with van der Waals surface area (Å²) in [6.45, 7) is 4.00. The molecule has 1 fully saturated rings. The molecule has 0 radical (unpaired) electrons. The molecule has 0 heterocycles. The summed E-state index contributed by atoms with van der Waals surface area (Å²) in [6, 6.07) is 7.06. The van der Waals surface area contributed by atoms with Crippen LogP contribution in [0.3, 0.4) is 0 Å². The Kier molecular flexibility index (Phi) is 6.91. The average molecular weight is 381 g/mol. The fourth-order valence-corrected chi connectivity index (χ4v) is 3.05. The molecular formula is C16H20BrF3O2. The van der Waals surface area contributed by atoms with Gasteiger partial charge in [0.05, 0.1) is 18.9 Å². The third-order valence-electron chi connectivity index (χ3n) is 3.77. The number of alkyl halides is 3. The van der Waals surface area contributed by atoms with Gasteiger partial charge in [-0.25, -0.2) is 0 Å². The van der Waals surface area contributed by atoms with Gasteiger partial charge in [0.2, 0.25) is 0 Å². The van der Waals surface area contributed by atoms with Crippen LogP contribution in [0.5, 0.6) is 0 Å². The zero-order chi connectivity index (χ0) is 16.9. The van der Waals surface area contributed by atoms with Crippen molar-refractivity contribution in [2.24, 2.45) is 11.8 Å². The van der Waals surface area contributed by atoms with Crippen molar-refractivity contribution < 1.29 is 22.7 Å². The number of hydrogen-bond donors (Lipinski definition) is 0. The number of methoxy groups -OCH3 is 1. The maximum atomic E-state index is 12.6. The van der Waals surface area contributed by atoms with Crippen molar-refractivity contribution in [3.8, 4) is 0 Å². The second-order valence-corrected chi connectivity index (χ2v) is 5.94. The molecule has 1 aromatic carbocycles. The van der Waals surface area contributed by atoms with E-state index in [-0.39, 0.29) is 18.8 Å². The van der Waals surface area contributed by atoms with Crippen LogP contribution in [0, 0.1) is 11.8 Å². The van der Waals surface area contributed by atoms with Gasteiger partial charge in [-0.05, 0) is 36.5 Å². The Hall–Kier alpha value is -1.04. The van der Waals surface area contributed by atoms with Gasteiger partial charge in [0.25, 0.3) is 0 Å². The van der Waals surface area contributed by atoms with Crippen LogP contribution in [0.25, 0.3) is 0 Å². The molecule has 1 aliphatic rings. The van der Waals surface area contributed by atoms with Gasteiger partial charge in [-0.2, -0.15) is 13.2 Å². The predicted octanol–water partition coefficient (Wildman–Crippen LogP) is 5.32. The Morgan fingerprint density at radius 3 is 2.36 bits per heavy atom. The normalized spacial score (nSPS) is 22.0. The second-order valence-electron chi connectivity index (χ2n) is 5.03. The highest BCUT2D eigenvalue weighted by Crippen LogP contribution is 2.50. The van der Waals surface area contributed by atoms with Gasteiger partial charge >= 0.3 is 12.1 Å². The minimum atomic E-state index is -4.17. The Morgan fingerprint density at radius 1 is 1.32 bits per heavy atom. The zero-order valence-corrected chi connectivity index (χ0v) is 14.4. The Morgan fingerprint density at radius 2 is 1.91 bits per heavy atom. The van der Waals surface area contributed by atoms with E-state index in [1.54, 1.807) is 24.3 Å². The summed E-state index contributed by atoms with van der Waals surface area (Å²) < 4.78 is 43.2. The van der Waals surface area contributed by atoms with Gasteiger partial charge in [-0.1, -0.05) is 41.9 Å². The Labute approximate surface area is 137 Å². The first kappa shape index (κ1) is 19.0. The van der Waals surface area contributed by atoms with Crippen molar-refractivity contribution in [1.82, 2.24) is 0 Å². The molecule has 22 heavy (non-hydrogen) atoms. The molecule has 0 aliphatic heterocycles. The number of ether oxygens (including phenoxy) is 1. The van der Waals surface area contributed by atoms with Gasteiger partial charge in [0, 0.05) is 4.47 Å². The second kappa shape index (κ2) is 7.99. The Balaban J connectivity index is 0.00000116. The third kappa shape index (κ3) is 4.48. The number of benzene rings is 1. The van der Waals surface area contributed by atoms with E-state index in [1.165, 1.54) is 7.11 Å². The number of esters is 1. The Bertz CT molecular complexity index is 496. The van der Waals surface area contributed by atoms with E-state index < -0.39 is 24.0 Å². The van der Waals surface area contributed by atoms with E-state index in [0.717, 1.165) is 4.47 Å². The lowest BCUT2D eigenvalue weighted by molar-refractivity contribution is -0.207. The molecule has 0 aromatic heterocycles. The van der Waals surface area contributed by atoms with E-state index in [1.807, 2.05) is 13.8 Å². The molecule has 0 spiro atoms. The molecular weight excluding hydrogens is 361 g/mol. The van der Waals surface area contributed by atoms with Gasteiger partial charge in [-0.15, -0.1) is 0 Å². The summed E-state index contributed by atoms with van der Waals surface area (Å²) in [4.78, 5) is 11.9. The summed E-state index contributed by atoms with van der Waals surface area (Å²) in [5, 5.41) is 0. The molecule has 1 saturated carbocycles. The van der Waals surface area contributed by atoms with Gasteiger partial charge < -0.3 is 4.74 Å². The molecule has 6 heteroatoms. The molecule has 1 aliphatic carbocycles. The summed E-state index contributed by atoms with van der Waals surface area (Å²) in [5.41, 5.74) is 0.692. The van der Waals surface area contributed by atoms with Crippen LogP contribution in [0.1, 0.15) is 38.2 Å². The van der Waals surface area contributed by atoms with Crippen molar-refractivity contribution in [2.75, 3.05) is 7.11 Å². The molecule has 1 unspecified atom stereocenters.